The van der Waals surface area contributed by atoms with Gasteiger partial charge in [0.15, 0.2) is 9.84 Å². The van der Waals surface area contributed by atoms with Crippen LogP contribution in [-0.2, 0) is 9.84 Å². The van der Waals surface area contributed by atoms with Gasteiger partial charge < -0.3 is 4.90 Å². The lowest BCUT2D eigenvalue weighted by molar-refractivity contribution is 0.0363. The smallest absolute Gasteiger partial charge is 0.274 e. The Morgan fingerprint density at radius 3 is 2.69 bits per heavy atom. The van der Waals surface area contributed by atoms with E-state index >= 15 is 0 Å². The fraction of sp³-hybridized carbons (Fsp3) is 0.667. The molecule has 2 atom stereocenters. The largest absolute Gasteiger partial charge is 0.330 e. The second kappa shape index (κ2) is 6.49. The van der Waals surface area contributed by atoms with Crippen molar-refractivity contribution in [3.05, 3.63) is 29.1 Å². The van der Waals surface area contributed by atoms with Crippen molar-refractivity contribution < 1.29 is 13.2 Å². The predicted molar refractivity (Wildman–Crippen MR) is 98.8 cm³/mol. The quantitative estimate of drug-likeness (QED) is 0.795. The summed E-state index contributed by atoms with van der Waals surface area (Å²) in [6.45, 7) is 6.04. The molecule has 8 heteroatoms. The number of allylic oxidation sites excluding steroid dienone is 1. The van der Waals surface area contributed by atoms with Crippen LogP contribution in [0, 0.1) is 0 Å². The molecule has 26 heavy (non-hydrogen) atoms. The number of aromatic amines is 1. The Labute approximate surface area is 154 Å². The first-order valence-corrected chi connectivity index (χ1v) is 11.1. The molecule has 1 aromatic rings. The van der Waals surface area contributed by atoms with Crippen LogP contribution in [0.1, 0.15) is 48.8 Å². The van der Waals surface area contributed by atoms with E-state index < -0.39 is 9.84 Å². The number of carbonyl (C=O) groups is 1. The van der Waals surface area contributed by atoms with Gasteiger partial charge >= 0.3 is 0 Å². The van der Waals surface area contributed by atoms with E-state index in [0.717, 1.165) is 25.1 Å². The van der Waals surface area contributed by atoms with Crippen molar-refractivity contribution in [2.24, 2.45) is 0 Å². The highest BCUT2D eigenvalue weighted by atomic mass is 32.2. The number of sulfone groups is 1. The highest BCUT2D eigenvalue weighted by Gasteiger charge is 2.48. The van der Waals surface area contributed by atoms with Crippen LogP contribution in [0.5, 0.6) is 0 Å². The van der Waals surface area contributed by atoms with Gasteiger partial charge in [-0.2, -0.15) is 5.10 Å². The Kier molecular flexibility index (Phi) is 4.43. The number of amides is 1. The van der Waals surface area contributed by atoms with Gasteiger partial charge in [0, 0.05) is 37.3 Å². The summed E-state index contributed by atoms with van der Waals surface area (Å²) in [5.74, 6) is 0.535. The molecular formula is C18H26N4O3S. The lowest BCUT2D eigenvalue weighted by Crippen LogP contribution is -2.60. The predicted octanol–water partition coefficient (Wildman–Crippen LogP) is 1.18. The van der Waals surface area contributed by atoms with Gasteiger partial charge in [-0.3, -0.25) is 14.8 Å². The van der Waals surface area contributed by atoms with Crippen LogP contribution in [0.25, 0.3) is 0 Å². The second-order valence-corrected chi connectivity index (χ2v) is 10.1. The van der Waals surface area contributed by atoms with E-state index in [2.05, 4.69) is 21.2 Å². The van der Waals surface area contributed by atoms with E-state index in [-0.39, 0.29) is 29.5 Å². The number of hydrogen-bond acceptors (Lipinski definition) is 5. The lowest BCUT2D eigenvalue weighted by Gasteiger charge is -2.43. The molecule has 3 aliphatic rings. The zero-order valence-corrected chi connectivity index (χ0v) is 16.1. The first-order valence-electron chi connectivity index (χ1n) is 9.28. The molecule has 2 saturated heterocycles. The third-order valence-electron chi connectivity index (χ3n) is 5.62. The molecule has 4 rings (SSSR count). The third-order valence-corrected chi connectivity index (χ3v) is 7.32. The van der Waals surface area contributed by atoms with Crippen LogP contribution >= 0.6 is 0 Å². The highest BCUT2D eigenvalue weighted by Crippen LogP contribution is 2.39. The molecule has 0 aromatic carbocycles. The molecule has 2 aliphatic heterocycles. The Balaban J connectivity index is 1.55. The number of fused-ring (bicyclic) bond motifs is 1. The Hall–Kier alpha value is -1.67. The molecule has 1 N–H and O–H groups in total. The molecular weight excluding hydrogens is 352 g/mol. The summed E-state index contributed by atoms with van der Waals surface area (Å²) in [6, 6.07) is 1.43. The average molecular weight is 378 g/mol. The van der Waals surface area contributed by atoms with Gasteiger partial charge in [0.05, 0.1) is 17.5 Å². The summed E-state index contributed by atoms with van der Waals surface area (Å²) in [4.78, 5) is 16.9. The Morgan fingerprint density at radius 1 is 1.27 bits per heavy atom. The minimum atomic E-state index is -3.13. The molecule has 1 aliphatic carbocycles. The summed E-state index contributed by atoms with van der Waals surface area (Å²) in [6.07, 6.45) is 4.40. The summed E-state index contributed by atoms with van der Waals surface area (Å²) in [5, 5.41) is 7.16. The number of hydrogen-bond donors (Lipinski definition) is 1. The van der Waals surface area contributed by atoms with E-state index in [4.69, 9.17) is 0 Å². The van der Waals surface area contributed by atoms with Gasteiger partial charge in [0.1, 0.15) is 5.69 Å². The van der Waals surface area contributed by atoms with Crippen LogP contribution in [-0.4, -0.2) is 77.5 Å². The van der Waals surface area contributed by atoms with Gasteiger partial charge in [-0.15, -0.1) is 0 Å². The number of nitrogens with one attached hydrogen (secondary N) is 1. The molecule has 3 heterocycles. The van der Waals surface area contributed by atoms with Gasteiger partial charge in [0.2, 0.25) is 0 Å². The molecule has 1 amide bonds. The minimum absolute atomic E-state index is 0.0502. The van der Waals surface area contributed by atoms with Gasteiger partial charge in [-0.05, 0) is 32.8 Å². The van der Waals surface area contributed by atoms with Crippen molar-refractivity contribution in [1.82, 2.24) is 20.0 Å². The third kappa shape index (κ3) is 3.44. The van der Waals surface area contributed by atoms with Gasteiger partial charge in [-0.1, -0.05) is 11.6 Å². The van der Waals surface area contributed by atoms with Crippen LogP contribution < -0.4 is 0 Å². The number of carbonyl (C=O) groups excluding carboxylic acids is 1. The number of aromatic nitrogens is 2. The first-order chi connectivity index (χ1) is 12.3. The van der Waals surface area contributed by atoms with Crippen molar-refractivity contribution in [2.45, 2.75) is 44.7 Å². The fourth-order valence-electron chi connectivity index (χ4n) is 4.00. The first kappa shape index (κ1) is 17.7. The van der Waals surface area contributed by atoms with Crippen molar-refractivity contribution in [3.8, 4) is 0 Å². The van der Waals surface area contributed by atoms with E-state index in [9.17, 15) is 13.2 Å². The fourth-order valence-corrected chi connectivity index (χ4v) is 6.01. The van der Waals surface area contributed by atoms with Crippen LogP contribution in [0.3, 0.4) is 0 Å². The standard InChI is InChI=1S/C18H26N4O3S/c1-12(2)5-6-21-7-8-22(17-11-26(24,25)10-16(17)21)18(23)15-9-14(19-20-15)13-3-4-13/h5,9,13,16-17H,3-4,6-8,10-11H2,1-2H3,(H,19,20)/t16-,17+/m0/s1. The molecule has 1 saturated carbocycles. The van der Waals surface area contributed by atoms with Gasteiger partial charge in [-0.25, -0.2) is 8.42 Å². The minimum Gasteiger partial charge on any atom is -0.330 e. The molecule has 142 valence electrons. The highest BCUT2D eigenvalue weighted by molar-refractivity contribution is 7.91. The second-order valence-electron chi connectivity index (χ2n) is 7.97. The summed E-state index contributed by atoms with van der Waals surface area (Å²) < 4.78 is 24.6. The molecule has 0 radical (unpaired) electrons. The van der Waals surface area contributed by atoms with Crippen LogP contribution in [0.2, 0.25) is 0 Å². The van der Waals surface area contributed by atoms with Gasteiger partial charge in [0.25, 0.3) is 5.91 Å². The molecule has 7 nitrogen and oxygen atoms in total. The molecule has 1 aromatic heterocycles. The van der Waals surface area contributed by atoms with Crippen molar-refractivity contribution in [2.75, 3.05) is 31.1 Å². The number of H-pyrrole nitrogens is 1. The van der Waals surface area contributed by atoms with E-state index in [0.29, 0.717) is 24.7 Å². The summed E-state index contributed by atoms with van der Waals surface area (Å²) in [5.41, 5.74) is 2.64. The maximum atomic E-state index is 13.0. The maximum absolute atomic E-state index is 13.0. The maximum Gasteiger partial charge on any atom is 0.274 e. The van der Waals surface area contributed by atoms with E-state index in [1.807, 2.05) is 19.9 Å². The molecule has 0 spiro atoms. The zero-order chi connectivity index (χ0) is 18.5. The van der Waals surface area contributed by atoms with Crippen molar-refractivity contribution in [1.29, 1.82) is 0 Å². The summed E-state index contributed by atoms with van der Waals surface area (Å²) in [7, 11) is -3.13. The monoisotopic (exact) mass is 378 g/mol. The van der Waals surface area contributed by atoms with Crippen LogP contribution in [0.15, 0.2) is 17.7 Å². The molecule has 0 unspecified atom stereocenters. The normalized spacial score (nSPS) is 28.0. The SMILES string of the molecule is CC(C)=CCN1CCN(C(=O)c2cc(C3CC3)[nH]n2)[C@@H]2CS(=O)(=O)C[C@@H]21. The average Bonchev–Trinajstić information content (AvgIpc) is 3.20. The Morgan fingerprint density at radius 2 is 2.00 bits per heavy atom. The Bertz CT molecular complexity index is 836. The lowest BCUT2D eigenvalue weighted by atomic mass is 10.0. The number of rotatable bonds is 4. The molecule has 3 fully saturated rings. The topological polar surface area (TPSA) is 86.4 Å². The number of nitrogens with zero attached hydrogens (tertiary/aromatic N) is 3. The summed E-state index contributed by atoms with van der Waals surface area (Å²) >= 11 is 0. The zero-order valence-electron chi connectivity index (χ0n) is 15.3. The van der Waals surface area contributed by atoms with Crippen LogP contribution in [0.4, 0.5) is 0 Å². The van der Waals surface area contributed by atoms with E-state index in [1.54, 1.807) is 4.90 Å². The van der Waals surface area contributed by atoms with E-state index in [1.165, 1.54) is 5.57 Å². The van der Waals surface area contributed by atoms with Crippen molar-refractivity contribution in [3.63, 3.8) is 0 Å². The molecule has 0 bridgehead atoms. The van der Waals surface area contributed by atoms with Crippen molar-refractivity contribution >= 4 is 15.7 Å². The number of piperazine rings is 1.